The Morgan fingerprint density at radius 3 is 2.91 bits per heavy atom. The van der Waals surface area contributed by atoms with Crippen molar-refractivity contribution >= 4 is 5.97 Å². The van der Waals surface area contributed by atoms with Crippen LogP contribution < -0.4 is 0 Å². The summed E-state index contributed by atoms with van der Waals surface area (Å²) in [5.74, 6) is 0.207. The fraction of sp³-hybridized carbons (Fsp3) is 0.650. The predicted octanol–water partition coefficient (Wildman–Crippen LogP) is 4.68. The van der Waals surface area contributed by atoms with Gasteiger partial charge in [0.05, 0.1) is 0 Å². The zero-order valence-electron chi connectivity index (χ0n) is 14.7. The van der Waals surface area contributed by atoms with E-state index in [0.717, 1.165) is 37.7 Å². The molecule has 0 bridgehead atoms. The van der Waals surface area contributed by atoms with E-state index in [1.807, 2.05) is 0 Å². The number of hydrogen-bond acceptors (Lipinski definition) is 3. The van der Waals surface area contributed by atoms with E-state index in [-0.39, 0.29) is 5.41 Å². The molecular formula is C20H30O3. The van der Waals surface area contributed by atoms with Gasteiger partial charge in [0.2, 0.25) is 6.29 Å². The van der Waals surface area contributed by atoms with E-state index in [0.29, 0.717) is 5.92 Å². The quantitative estimate of drug-likeness (QED) is 0.421. The minimum atomic E-state index is -1.04. The summed E-state index contributed by atoms with van der Waals surface area (Å²) in [5, 5.41) is 9.74. The van der Waals surface area contributed by atoms with Crippen molar-refractivity contribution in [1.29, 1.82) is 0 Å². The Hall–Kier alpha value is -1.35. The smallest absolute Gasteiger partial charge is 0.333 e. The van der Waals surface area contributed by atoms with Crippen LogP contribution in [0.5, 0.6) is 0 Å². The van der Waals surface area contributed by atoms with Gasteiger partial charge in [0.15, 0.2) is 0 Å². The molecule has 2 aliphatic rings. The van der Waals surface area contributed by atoms with Crippen LogP contribution >= 0.6 is 0 Å². The molecule has 1 N–H and O–H groups in total. The van der Waals surface area contributed by atoms with E-state index in [2.05, 4.69) is 33.4 Å². The highest BCUT2D eigenvalue weighted by molar-refractivity contribution is 5.85. The van der Waals surface area contributed by atoms with E-state index >= 15 is 0 Å². The Bertz CT molecular complexity index is 529. The monoisotopic (exact) mass is 318 g/mol. The van der Waals surface area contributed by atoms with Crippen LogP contribution in [-0.4, -0.2) is 17.4 Å². The van der Waals surface area contributed by atoms with E-state index in [4.69, 9.17) is 4.74 Å². The second-order valence-electron chi connectivity index (χ2n) is 7.44. The largest absolute Gasteiger partial charge is 0.429 e. The van der Waals surface area contributed by atoms with Crippen LogP contribution in [-0.2, 0) is 9.53 Å². The van der Waals surface area contributed by atoms with Gasteiger partial charge in [-0.3, -0.25) is 0 Å². The third-order valence-electron chi connectivity index (χ3n) is 5.65. The first-order chi connectivity index (χ1) is 10.8. The highest BCUT2D eigenvalue weighted by atomic mass is 16.6. The summed E-state index contributed by atoms with van der Waals surface area (Å²) >= 11 is 0. The molecule has 0 aromatic carbocycles. The van der Waals surface area contributed by atoms with Gasteiger partial charge in [0.1, 0.15) is 0 Å². The Balaban J connectivity index is 1.98. The van der Waals surface area contributed by atoms with Gasteiger partial charge in [-0.05, 0) is 63.2 Å². The lowest BCUT2D eigenvalue weighted by atomic mass is 9.73. The molecule has 0 aromatic rings. The van der Waals surface area contributed by atoms with E-state index in [1.54, 1.807) is 5.57 Å². The fourth-order valence-electron chi connectivity index (χ4n) is 3.76. The molecule has 0 amide bonds. The molecule has 1 heterocycles. The second-order valence-corrected chi connectivity index (χ2v) is 7.44. The maximum Gasteiger partial charge on any atom is 0.333 e. The highest BCUT2D eigenvalue weighted by Gasteiger charge is 2.40. The number of hydrogen-bond donors (Lipinski definition) is 1. The minimum absolute atomic E-state index is 0.162. The van der Waals surface area contributed by atoms with Crippen molar-refractivity contribution in [2.24, 2.45) is 11.3 Å². The Labute approximate surface area is 140 Å². The van der Waals surface area contributed by atoms with Gasteiger partial charge >= 0.3 is 5.97 Å². The van der Waals surface area contributed by atoms with Crippen LogP contribution in [0.25, 0.3) is 0 Å². The van der Waals surface area contributed by atoms with Crippen LogP contribution in [0.15, 0.2) is 35.5 Å². The van der Waals surface area contributed by atoms with Crippen molar-refractivity contribution in [2.45, 2.75) is 72.0 Å². The number of aliphatic hydroxyl groups is 1. The van der Waals surface area contributed by atoms with Crippen molar-refractivity contribution < 1.29 is 14.6 Å². The summed E-state index contributed by atoms with van der Waals surface area (Å²) in [4.78, 5) is 11.2. The van der Waals surface area contributed by atoms with Crippen molar-refractivity contribution in [3.05, 3.63) is 35.5 Å². The fourth-order valence-corrected chi connectivity index (χ4v) is 3.76. The minimum Gasteiger partial charge on any atom is -0.429 e. The molecule has 3 nitrogen and oxygen atoms in total. The first-order valence-corrected chi connectivity index (χ1v) is 8.76. The van der Waals surface area contributed by atoms with E-state index in [1.165, 1.54) is 24.5 Å². The molecule has 1 aliphatic heterocycles. The summed E-state index contributed by atoms with van der Waals surface area (Å²) in [6, 6.07) is 0. The number of cyclic esters (lactones) is 1. The molecule has 1 fully saturated rings. The number of carbonyl (C=O) groups excluding carboxylic acids is 1. The number of unbranched alkanes of at least 4 members (excludes halogenated alkanes) is 1. The predicted molar refractivity (Wildman–Crippen MR) is 92.7 cm³/mol. The third-order valence-corrected chi connectivity index (χ3v) is 5.65. The standard InChI is InChI=1S/C20H30O3/c1-14(2)7-5-6-8-17-10-9-15(3)20(17,4)12-11-16-13-18(21)23-19(16)22/h8,13,15,19,22H,1,5-7,9-12H2,2-4H3/b17-8+/t15-,19?,20-/m1/s1. The summed E-state index contributed by atoms with van der Waals surface area (Å²) in [6.07, 6.45) is 10.3. The molecule has 1 aliphatic carbocycles. The number of rotatable bonds is 7. The second kappa shape index (κ2) is 7.48. The van der Waals surface area contributed by atoms with Crippen LogP contribution in [0.4, 0.5) is 0 Å². The molecule has 3 heteroatoms. The van der Waals surface area contributed by atoms with Gasteiger partial charge in [0, 0.05) is 11.6 Å². The molecule has 23 heavy (non-hydrogen) atoms. The average molecular weight is 318 g/mol. The van der Waals surface area contributed by atoms with Crippen LogP contribution in [0.2, 0.25) is 0 Å². The molecule has 2 rings (SSSR count). The van der Waals surface area contributed by atoms with Crippen LogP contribution in [0, 0.1) is 11.3 Å². The number of carbonyl (C=O) groups is 1. The third kappa shape index (κ3) is 4.35. The number of allylic oxidation sites excluding steroid dienone is 3. The molecule has 0 radical (unpaired) electrons. The molecule has 1 unspecified atom stereocenters. The molecule has 3 atom stereocenters. The average Bonchev–Trinajstić information content (AvgIpc) is 2.94. The number of aliphatic hydroxyl groups excluding tert-OH is 1. The molecule has 1 saturated carbocycles. The highest BCUT2D eigenvalue weighted by Crippen LogP contribution is 2.51. The first-order valence-electron chi connectivity index (χ1n) is 8.76. The Morgan fingerprint density at radius 2 is 2.30 bits per heavy atom. The summed E-state index contributed by atoms with van der Waals surface area (Å²) < 4.78 is 4.78. The zero-order chi connectivity index (χ0) is 17.0. The Morgan fingerprint density at radius 1 is 1.57 bits per heavy atom. The normalized spacial score (nSPS) is 32.3. The lowest BCUT2D eigenvalue weighted by Gasteiger charge is -2.32. The lowest BCUT2D eigenvalue weighted by Crippen LogP contribution is -2.22. The van der Waals surface area contributed by atoms with E-state index < -0.39 is 12.3 Å². The summed E-state index contributed by atoms with van der Waals surface area (Å²) in [5.41, 5.74) is 3.68. The van der Waals surface area contributed by atoms with Crippen molar-refractivity contribution in [3.63, 3.8) is 0 Å². The Kier molecular flexibility index (Phi) is 5.85. The van der Waals surface area contributed by atoms with Crippen molar-refractivity contribution in [3.8, 4) is 0 Å². The van der Waals surface area contributed by atoms with Crippen LogP contribution in [0.3, 0.4) is 0 Å². The molecule has 0 spiro atoms. The summed E-state index contributed by atoms with van der Waals surface area (Å²) in [6.45, 7) is 10.7. The first kappa shape index (κ1) is 18.0. The topological polar surface area (TPSA) is 46.5 Å². The molecule has 128 valence electrons. The van der Waals surface area contributed by atoms with Gasteiger partial charge in [0.25, 0.3) is 0 Å². The maximum absolute atomic E-state index is 11.2. The van der Waals surface area contributed by atoms with Gasteiger partial charge < -0.3 is 9.84 Å². The zero-order valence-corrected chi connectivity index (χ0v) is 14.7. The molecular weight excluding hydrogens is 288 g/mol. The van der Waals surface area contributed by atoms with Gasteiger partial charge in [-0.1, -0.05) is 31.1 Å². The van der Waals surface area contributed by atoms with Crippen molar-refractivity contribution in [1.82, 2.24) is 0 Å². The number of ether oxygens (including phenoxy) is 1. The van der Waals surface area contributed by atoms with E-state index in [9.17, 15) is 9.90 Å². The van der Waals surface area contributed by atoms with Crippen molar-refractivity contribution in [2.75, 3.05) is 0 Å². The molecule has 0 aromatic heterocycles. The van der Waals surface area contributed by atoms with Crippen LogP contribution in [0.1, 0.15) is 65.7 Å². The maximum atomic E-state index is 11.2. The van der Waals surface area contributed by atoms with Gasteiger partial charge in [-0.15, -0.1) is 6.58 Å². The molecule has 0 saturated heterocycles. The SMILES string of the molecule is C=C(C)CCC/C=C1\CC[C@@H](C)[C@@]1(C)CCC1=CC(=O)OC1O. The number of esters is 1. The van der Waals surface area contributed by atoms with Gasteiger partial charge in [-0.2, -0.15) is 0 Å². The summed E-state index contributed by atoms with van der Waals surface area (Å²) in [7, 11) is 0. The lowest BCUT2D eigenvalue weighted by molar-refractivity contribution is -0.151. The van der Waals surface area contributed by atoms with Gasteiger partial charge in [-0.25, -0.2) is 4.79 Å².